The second-order valence-corrected chi connectivity index (χ2v) is 5.13. The maximum atomic E-state index is 12.0. The van der Waals surface area contributed by atoms with Crippen molar-refractivity contribution in [3.63, 3.8) is 0 Å². The summed E-state index contributed by atoms with van der Waals surface area (Å²) in [6.07, 6.45) is 1.66. The third-order valence-electron chi connectivity index (χ3n) is 2.99. The van der Waals surface area contributed by atoms with Gasteiger partial charge < -0.3 is 19.9 Å². The number of esters is 1. The number of para-hydroxylation sites is 1. The lowest BCUT2D eigenvalue weighted by molar-refractivity contribution is -0.110. The van der Waals surface area contributed by atoms with E-state index < -0.39 is 11.9 Å². The molecule has 0 aliphatic carbocycles. The lowest BCUT2D eigenvalue weighted by Gasteiger charge is -2.07. The highest BCUT2D eigenvalue weighted by atomic mass is 32.1. The van der Waals surface area contributed by atoms with Crippen LogP contribution in [0.5, 0.6) is 0 Å². The zero-order valence-corrected chi connectivity index (χ0v) is 13.6. The van der Waals surface area contributed by atoms with Crippen LogP contribution in [0, 0.1) is 0 Å². The number of hydrogen-bond acceptors (Lipinski definition) is 4. The van der Waals surface area contributed by atoms with Crippen LogP contribution < -0.4 is 10.6 Å². The Balaban J connectivity index is 2.01. The highest BCUT2D eigenvalue weighted by Crippen LogP contribution is 2.14. The monoisotopic (exact) mass is 331 g/mol. The van der Waals surface area contributed by atoms with Gasteiger partial charge in [-0.2, -0.15) is 0 Å². The van der Waals surface area contributed by atoms with Crippen molar-refractivity contribution in [2.24, 2.45) is 7.05 Å². The molecule has 1 amide bonds. The second kappa shape index (κ2) is 7.55. The van der Waals surface area contributed by atoms with Crippen LogP contribution in [0.2, 0.25) is 0 Å². The molecule has 1 aromatic heterocycles. The quantitative estimate of drug-likeness (QED) is 0.665. The molecule has 0 aliphatic rings. The van der Waals surface area contributed by atoms with Crippen molar-refractivity contribution >= 4 is 40.5 Å². The van der Waals surface area contributed by atoms with Crippen molar-refractivity contribution in [3.8, 4) is 0 Å². The van der Waals surface area contributed by atoms with Crippen LogP contribution >= 0.6 is 12.2 Å². The van der Waals surface area contributed by atoms with Crippen molar-refractivity contribution < 1.29 is 14.3 Å². The summed E-state index contributed by atoms with van der Waals surface area (Å²) in [5.74, 6) is -0.851. The predicted molar refractivity (Wildman–Crippen MR) is 92.7 cm³/mol. The first-order chi connectivity index (χ1) is 11.0. The third-order valence-corrected chi connectivity index (χ3v) is 3.27. The van der Waals surface area contributed by atoms with Crippen molar-refractivity contribution in [1.29, 1.82) is 0 Å². The SMILES string of the molecule is CCOC(=O)c1cc(NC(=S)C(=O)Nc2ccccc2)cn1C. The lowest BCUT2D eigenvalue weighted by atomic mass is 10.3. The van der Waals surface area contributed by atoms with Gasteiger partial charge in [-0.05, 0) is 25.1 Å². The Morgan fingerprint density at radius 2 is 1.87 bits per heavy atom. The van der Waals surface area contributed by atoms with Gasteiger partial charge in [0.1, 0.15) is 5.69 Å². The van der Waals surface area contributed by atoms with Crippen LogP contribution in [0.4, 0.5) is 11.4 Å². The second-order valence-electron chi connectivity index (χ2n) is 4.72. The highest BCUT2D eigenvalue weighted by molar-refractivity contribution is 7.82. The van der Waals surface area contributed by atoms with Gasteiger partial charge in [-0.15, -0.1) is 0 Å². The fourth-order valence-electron chi connectivity index (χ4n) is 1.94. The molecule has 0 spiro atoms. The number of nitrogens with zero attached hydrogens (tertiary/aromatic N) is 1. The zero-order valence-electron chi connectivity index (χ0n) is 12.8. The van der Waals surface area contributed by atoms with Gasteiger partial charge in [-0.25, -0.2) is 4.79 Å². The minimum Gasteiger partial charge on any atom is -0.461 e. The molecule has 6 nitrogen and oxygen atoms in total. The van der Waals surface area contributed by atoms with Crippen LogP contribution in [0.25, 0.3) is 0 Å². The molecule has 23 heavy (non-hydrogen) atoms. The summed E-state index contributed by atoms with van der Waals surface area (Å²) in [4.78, 5) is 23.8. The lowest BCUT2D eigenvalue weighted by Crippen LogP contribution is -2.27. The van der Waals surface area contributed by atoms with E-state index in [1.54, 1.807) is 42.9 Å². The molecule has 0 aliphatic heterocycles. The third kappa shape index (κ3) is 4.40. The maximum absolute atomic E-state index is 12.0. The highest BCUT2D eigenvalue weighted by Gasteiger charge is 2.15. The van der Waals surface area contributed by atoms with Gasteiger partial charge in [0, 0.05) is 18.9 Å². The molecule has 0 unspecified atom stereocenters. The molecule has 0 radical (unpaired) electrons. The number of anilines is 2. The summed E-state index contributed by atoms with van der Waals surface area (Å²) >= 11 is 5.08. The number of rotatable bonds is 4. The Labute approximate surface area is 139 Å². The van der Waals surface area contributed by atoms with E-state index in [1.165, 1.54) is 0 Å². The van der Waals surface area contributed by atoms with E-state index in [0.717, 1.165) is 0 Å². The molecule has 1 aromatic carbocycles. The number of aromatic nitrogens is 1. The largest absolute Gasteiger partial charge is 0.461 e. The maximum Gasteiger partial charge on any atom is 0.355 e. The Morgan fingerprint density at radius 1 is 1.17 bits per heavy atom. The fourth-order valence-corrected chi connectivity index (χ4v) is 2.11. The molecule has 2 N–H and O–H groups in total. The molecule has 0 saturated carbocycles. The van der Waals surface area contributed by atoms with Crippen LogP contribution in [0.15, 0.2) is 42.6 Å². The number of aryl methyl sites for hydroxylation is 1. The zero-order chi connectivity index (χ0) is 16.8. The molecule has 2 rings (SSSR count). The van der Waals surface area contributed by atoms with Crippen molar-refractivity contribution in [3.05, 3.63) is 48.3 Å². The van der Waals surface area contributed by atoms with E-state index in [0.29, 0.717) is 23.7 Å². The van der Waals surface area contributed by atoms with Crippen molar-refractivity contribution in [2.75, 3.05) is 17.2 Å². The number of benzene rings is 1. The Kier molecular flexibility index (Phi) is 5.48. The van der Waals surface area contributed by atoms with Crippen LogP contribution in [-0.2, 0) is 16.6 Å². The van der Waals surface area contributed by atoms with Gasteiger partial charge in [0.05, 0.1) is 12.3 Å². The summed E-state index contributed by atoms with van der Waals surface area (Å²) < 4.78 is 6.56. The number of carbonyl (C=O) groups excluding carboxylic acids is 2. The van der Waals surface area contributed by atoms with E-state index in [-0.39, 0.29) is 4.99 Å². The average molecular weight is 331 g/mol. The molecule has 0 fully saturated rings. The van der Waals surface area contributed by atoms with Gasteiger partial charge in [-0.3, -0.25) is 4.79 Å². The van der Waals surface area contributed by atoms with Crippen LogP contribution in [0.1, 0.15) is 17.4 Å². The molecule has 1 heterocycles. The Bertz CT molecular complexity index is 725. The standard InChI is InChI=1S/C16H17N3O3S/c1-3-22-16(21)13-9-12(10-19(13)2)18-15(23)14(20)17-11-7-5-4-6-8-11/h4-10H,3H2,1-2H3,(H,17,20)(H,18,23). The first kappa shape index (κ1) is 16.7. The van der Waals surface area contributed by atoms with E-state index >= 15 is 0 Å². The van der Waals surface area contributed by atoms with E-state index in [1.807, 2.05) is 18.2 Å². The average Bonchev–Trinajstić information content (AvgIpc) is 2.89. The first-order valence-corrected chi connectivity index (χ1v) is 7.43. The molecular weight excluding hydrogens is 314 g/mol. The molecule has 2 aromatic rings. The summed E-state index contributed by atoms with van der Waals surface area (Å²) in [5, 5.41) is 5.50. The van der Waals surface area contributed by atoms with Crippen LogP contribution in [0.3, 0.4) is 0 Å². The topological polar surface area (TPSA) is 72.4 Å². The summed E-state index contributed by atoms with van der Waals surface area (Å²) in [6, 6.07) is 10.6. The summed E-state index contributed by atoms with van der Waals surface area (Å²) in [7, 11) is 1.71. The van der Waals surface area contributed by atoms with Gasteiger partial charge in [0.25, 0.3) is 5.91 Å². The van der Waals surface area contributed by atoms with Gasteiger partial charge in [0.2, 0.25) is 0 Å². The molecule has 0 atom stereocenters. The number of hydrogen-bond donors (Lipinski definition) is 2. The van der Waals surface area contributed by atoms with Crippen molar-refractivity contribution in [1.82, 2.24) is 4.57 Å². The molecule has 0 saturated heterocycles. The normalized spacial score (nSPS) is 10.0. The predicted octanol–water partition coefficient (Wildman–Crippen LogP) is 2.58. The van der Waals surface area contributed by atoms with Gasteiger partial charge in [0.15, 0.2) is 4.99 Å². The fraction of sp³-hybridized carbons (Fsp3) is 0.188. The summed E-state index contributed by atoms with van der Waals surface area (Å²) in [5.41, 5.74) is 1.58. The van der Waals surface area contributed by atoms with E-state index in [4.69, 9.17) is 17.0 Å². The minimum absolute atomic E-state index is 0.00913. The number of carbonyl (C=O) groups is 2. The number of ether oxygens (including phenoxy) is 1. The first-order valence-electron chi connectivity index (χ1n) is 7.02. The van der Waals surface area contributed by atoms with Gasteiger partial charge in [-0.1, -0.05) is 30.4 Å². The van der Waals surface area contributed by atoms with E-state index in [9.17, 15) is 9.59 Å². The minimum atomic E-state index is -0.428. The number of amides is 1. The van der Waals surface area contributed by atoms with Crippen molar-refractivity contribution in [2.45, 2.75) is 6.92 Å². The Morgan fingerprint density at radius 3 is 2.52 bits per heavy atom. The molecule has 0 bridgehead atoms. The van der Waals surface area contributed by atoms with E-state index in [2.05, 4.69) is 10.6 Å². The smallest absolute Gasteiger partial charge is 0.355 e. The number of nitrogens with one attached hydrogen (secondary N) is 2. The molecular formula is C16H17N3O3S. The summed E-state index contributed by atoms with van der Waals surface area (Å²) in [6.45, 7) is 2.04. The van der Waals surface area contributed by atoms with Gasteiger partial charge >= 0.3 is 5.97 Å². The number of thiocarbonyl (C=S) groups is 1. The molecule has 7 heteroatoms. The van der Waals surface area contributed by atoms with Crippen LogP contribution in [-0.4, -0.2) is 28.0 Å². The Hall–Kier alpha value is -2.67. The molecule has 120 valence electrons.